The molecule has 1 saturated carbocycles. The Balaban J connectivity index is 1.88. The molecule has 1 saturated heterocycles. The summed E-state index contributed by atoms with van der Waals surface area (Å²) in [5.41, 5.74) is 7.58. The molecule has 1 heterocycles. The van der Waals surface area contributed by atoms with Gasteiger partial charge in [-0.25, -0.2) is 0 Å². The molecule has 0 spiro atoms. The van der Waals surface area contributed by atoms with Gasteiger partial charge in [-0.1, -0.05) is 18.9 Å². The first-order chi connectivity index (χ1) is 10.3. The predicted octanol–water partition coefficient (Wildman–Crippen LogP) is 3.35. The molecule has 4 heteroatoms. The predicted molar refractivity (Wildman–Crippen MR) is 88.6 cm³/mol. The number of hydrogen-bond acceptors (Lipinski definition) is 4. The van der Waals surface area contributed by atoms with Crippen molar-refractivity contribution in [2.75, 3.05) is 25.2 Å². The van der Waals surface area contributed by atoms with Crippen molar-refractivity contribution in [3.05, 3.63) is 23.8 Å². The molecule has 116 valence electrons. The largest absolute Gasteiger partial charge is 0.493 e. The molecular formula is C17H25NO2S. The van der Waals surface area contributed by atoms with E-state index in [1.165, 1.54) is 37.0 Å². The number of hydrogen-bond donors (Lipinski definition) is 1. The molecule has 0 radical (unpaired) electrons. The molecule has 1 atom stereocenters. The zero-order chi connectivity index (χ0) is 14.7. The monoisotopic (exact) mass is 307 g/mol. The maximum Gasteiger partial charge on any atom is 0.161 e. The Morgan fingerprint density at radius 2 is 2.10 bits per heavy atom. The molecule has 1 aliphatic heterocycles. The Bertz CT molecular complexity index is 480. The Morgan fingerprint density at radius 3 is 2.71 bits per heavy atom. The van der Waals surface area contributed by atoms with Gasteiger partial charge in [0.25, 0.3) is 0 Å². The minimum atomic E-state index is 0.148. The van der Waals surface area contributed by atoms with Crippen LogP contribution in [0.5, 0.6) is 11.5 Å². The van der Waals surface area contributed by atoms with Gasteiger partial charge in [0.05, 0.1) is 7.11 Å². The van der Waals surface area contributed by atoms with Crippen molar-refractivity contribution < 1.29 is 9.47 Å². The van der Waals surface area contributed by atoms with Gasteiger partial charge in [-0.15, -0.1) is 0 Å². The summed E-state index contributed by atoms with van der Waals surface area (Å²) in [6.45, 7) is 0.720. The lowest BCUT2D eigenvalue weighted by molar-refractivity contribution is 0.218. The van der Waals surface area contributed by atoms with Crippen LogP contribution in [-0.2, 0) is 5.41 Å². The van der Waals surface area contributed by atoms with Crippen molar-refractivity contribution in [3.8, 4) is 11.5 Å². The molecule has 3 rings (SSSR count). The quantitative estimate of drug-likeness (QED) is 0.906. The summed E-state index contributed by atoms with van der Waals surface area (Å²) >= 11 is 1.96. The number of nitrogens with two attached hydrogens (primary N) is 1. The van der Waals surface area contributed by atoms with Crippen LogP contribution in [0.2, 0.25) is 0 Å². The summed E-state index contributed by atoms with van der Waals surface area (Å²) in [6.07, 6.45) is 6.37. The smallest absolute Gasteiger partial charge is 0.161 e. The number of thioether (sulfide) groups is 1. The van der Waals surface area contributed by atoms with Crippen LogP contribution in [0.3, 0.4) is 0 Å². The third kappa shape index (κ3) is 3.02. The van der Waals surface area contributed by atoms with Crippen LogP contribution in [0.4, 0.5) is 0 Å². The summed E-state index contributed by atoms with van der Waals surface area (Å²) in [7, 11) is 1.71. The number of rotatable bonds is 5. The summed E-state index contributed by atoms with van der Waals surface area (Å²) in [5, 5.41) is 0. The van der Waals surface area contributed by atoms with Crippen LogP contribution in [0.25, 0.3) is 0 Å². The maximum atomic E-state index is 6.20. The molecule has 1 aliphatic carbocycles. The fourth-order valence-corrected chi connectivity index (χ4v) is 4.64. The van der Waals surface area contributed by atoms with Gasteiger partial charge in [-0.05, 0) is 42.7 Å². The average molecular weight is 307 g/mol. The normalized spacial score (nSPS) is 24.2. The molecule has 0 amide bonds. The fourth-order valence-electron chi connectivity index (χ4n) is 3.55. The van der Waals surface area contributed by atoms with Gasteiger partial charge < -0.3 is 15.2 Å². The topological polar surface area (TPSA) is 44.5 Å². The van der Waals surface area contributed by atoms with E-state index in [1.807, 2.05) is 17.8 Å². The highest BCUT2D eigenvalue weighted by Crippen LogP contribution is 2.43. The summed E-state index contributed by atoms with van der Waals surface area (Å²) in [6, 6.07) is 6.40. The first-order valence-electron chi connectivity index (χ1n) is 7.90. The first-order valence-corrected chi connectivity index (χ1v) is 9.06. The van der Waals surface area contributed by atoms with Crippen LogP contribution in [0, 0.1) is 0 Å². The van der Waals surface area contributed by atoms with Crippen molar-refractivity contribution in [3.63, 3.8) is 0 Å². The molecule has 2 N–H and O–H groups in total. The van der Waals surface area contributed by atoms with E-state index in [1.54, 1.807) is 7.11 Å². The minimum Gasteiger partial charge on any atom is -0.493 e. The second-order valence-electron chi connectivity index (χ2n) is 6.16. The van der Waals surface area contributed by atoms with E-state index in [2.05, 4.69) is 12.1 Å². The van der Waals surface area contributed by atoms with Crippen LogP contribution in [0.1, 0.15) is 37.7 Å². The Morgan fingerprint density at radius 1 is 1.29 bits per heavy atom. The first kappa shape index (κ1) is 15.0. The molecule has 0 bridgehead atoms. The maximum absolute atomic E-state index is 6.20. The van der Waals surface area contributed by atoms with E-state index in [0.717, 1.165) is 30.2 Å². The van der Waals surface area contributed by atoms with Crippen LogP contribution >= 0.6 is 11.8 Å². The van der Waals surface area contributed by atoms with Crippen LogP contribution in [-0.4, -0.2) is 31.3 Å². The lowest BCUT2D eigenvalue weighted by Gasteiger charge is -2.29. The van der Waals surface area contributed by atoms with Gasteiger partial charge in [-0.3, -0.25) is 0 Å². The van der Waals surface area contributed by atoms with Gasteiger partial charge in [0.1, 0.15) is 6.10 Å². The van der Waals surface area contributed by atoms with E-state index < -0.39 is 0 Å². The van der Waals surface area contributed by atoms with Crippen molar-refractivity contribution in [2.24, 2.45) is 5.73 Å². The minimum absolute atomic E-state index is 0.148. The zero-order valence-corrected chi connectivity index (χ0v) is 13.6. The standard InChI is InChI=1S/C17H25NO2S/c1-19-15-5-4-13(17(12-18)7-2-3-8-17)10-16(15)20-14-6-9-21-11-14/h4-5,10,14H,2-3,6-9,11-12,18H2,1H3. The summed E-state index contributed by atoms with van der Waals surface area (Å²) < 4.78 is 11.7. The van der Waals surface area contributed by atoms with E-state index in [0.29, 0.717) is 6.10 Å². The molecule has 3 nitrogen and oxygen atoms in total. The van der Waals surface area contributed by atoms with Crippen LogP contribution < -0.4 is 15.2 Å². The highest BCUT2D eigenvalue weighted by atomic mass is 32.2. The number of methoxy groups -OCH3 is 1. The lowest BCUT2D eigenvalue weighted by Crippen LogP contribution is -2.32. The van der Waals surface area contributed by atoms with Gasteiger partial charge in [0.2, 0.25) is 0 Å². The summed E-state index contributed by atoms with van der Waals surface area (Å²) in [4.78, 5) is 0. The van der Waals surface area contributed by atoms with E-state index in [-0.39, 0.29) is 5.41 Å². The molecule has 1 aromatic carbocycles. The Kier molecular flexibility index (Phi) is 4.65. The third-order valence-electron chi connectivity index (χ3n) is 4.91. The highest BCUT2D eigenvalue weighted by molar-refractivity contribution is 7.99. The van der Waals surface area contributed by atoms with Crippen LogP contribution in [0.15, 0.2) is 18.2 Å². The zero-order valence-electron chi connectivity index (χ0n) is 12.8. The fraction of sp³-hybridized carbons (Fsp3) is 0.647. The second kappa shape index (κ2) is 6.49. The SMILES string of the molecule is COc1ccc(C2(CN)CCCC2)cc1OC1CCSC1. The van der Waals surface area contributed by atoms with Gasteiger partial charge in [-0.2, -0.15) is 11.8 Å². The molecule has 1 unspecified atom stereocenters. The molecular weight excluding hydrogens is 282 g/mol. The molecule has 2 aliphatic rings. The highest BCUT2D eigenvalue weighted by Gasteiger charge is 2.35. The lowest BCUT2D eigenvalue weighted by atomic mass is 9.79. The molecule has 0 aromatic heterocycles. The Labute approximate surface area is 131 Å². The average Bonchev–Trinajstić information content (AvgIpc) is 3.19. The van der Waals surface area contributed by atoms with Gasteiger partial charge in [0.15, 0.2) is 11.5 Å². The Hall–Kier alpha value is -0.870. The molecule has 21 heavy (non-hydrogen) atoms. The van der Waals surface area contributed by atoms with Crippen molar-refractivity contribution in [2.45, 2.75) is 43.6 Å². The van der Waals surface area contributed by atoms with Gasteiger partial charge in [0, 0.05) is 17.7 Å². The van der Waals surface area contributed by atoms with E-state index in [9.17, 15) is 0 Å². The number of ether oxygens (including phenoxy) is 2. The van der Waals surface area contributed by atoms with Crippen molar-refractivity contribution >= 4 is 11.8 Å². The molecule has 2 fully saturated rings. The molecule has 1 aromatic rings. The van der Waals surface area contributed by atoms with Crippen molar-refractivity contribution in [1.29, 1.82) is 0 Å². The van der Waals surface area contributed by atoms with Crippen molar-refractivity contribution in [1.82, 2.24) is 0 Å². The van der Waals surface area contributed by atoms with E-state index >= 15 is 0 Å². The second-order valence-corrected chi connectivity index (χ2v) is 7.31. The third-order valence-corrected chi connectivity index (χ3v) is 6.04. The summed E-state index contributed by atoms with van der Waals surface area (Å²) in [5.74, 6) is 4.00. The van der Waals surface area contributed by atoms with Gasteiger partial charge >= 0.3 is 0 Å². The number of benzene rings is 1. The van der Waals surface area contributed by atoms with E-state index in [4.69, 9.17) is 15.2 Å².